The van der Waals surface area contributed by atoms with Crippen molar-refractivity contribution in [3.8, 4) is 5.75 Å². The Hall–Kier alpha value is -0.540. The van der Waals surface area contributed by atoms with E-state index in [4.69, 9.17) is 4.74 Å². The van der Waals surface area contributed by atoms with E-state index < -0.39 is 5.60 Å². The van der Waals surface area contributed by atoms with E-state index in [9.17, 15) is 5.11 Å². The molecule has 0 heterocycles. The molecule has 1 fully saturated rings. The third-order valence-electron chi connectivity index (χ3n) is 4.56. The third-order valence-corrected chi connectivity index (χ3v) is 5.06. The first kappa shape index (κ1) is 15.8. The lowest BCUT2D eigenvalue weighted by molar-refractivity contribution is -0.0243. The number of aliphatic hydroxyl groups is 1. The maximum absolute atomic E-state index is 11.0. The second-order valence-corrected chi connectivity index (χ2v) is 7.37. The van der Waals surface area contributed by atoms with Crippen LogP contribution in [0.2, 0.25) is 0 Å². The van der Waals surface area contributed by atoms with E-state index in [1.807, 2.05) is 12.1 Å². The summed E-state index contributed by atoms with van der Waals surface area (Å²) in [5.41, 5.74) is 0.509. The molecule has 0 radical (unpaired) electrons. The monoisotopic (exact) mass is 340 g/mol. The molecule has 2 rings (SSSR count). The van der Waals surface area contributed by atoms with Gasteiger partial charge >= 0.3 is 0 Å². The second kappa shape index (κ2) is 6.48. The van der Waals surface area contributed by atoms with Crippen LogP contribution in [0.1, 0.15) is 45.1 Å². The second-order valence-electron chi connectivity index (χ2n) is 6.46. The molecule has 1 aliphatic rings. The lowest BCUT2D eigenvalue weighted by Crippen LogP contribution is -2.38. The quantitative estimate of drug-likeness (QED) is 0.869. The molecule has 2 nitrogen and oxygen atoms in total. The van der Waals surface area contributed by atoms with E-state index in [0.717, 1.165) is 35.0 Å². The Morgan fingerprint density at radius 3 is 2.85 bits per heavy atom. The number of rotatable bonds is 4. The molecule has 2 atom stereocenters. The van der Waals surface area contributed by atoms with Crippen molar-refractivity contribution >= 4 is 15.9 Å². The molecule has 0 aromatic heterocycles. The van der Waals surface area contributed by atoms with Crippen LogP contribution in [0.3, 0.4) is 0 Å². The van der Waals surface area contributed by atoms with Gasteiger partial charge in [-0.2, -0.15) is 0 Å². The minimum Gasteiger partial charge on any atom is -0.496 e. The molecular weight excluding hydrogens is 316 g/mol. The molecular formula is C17H25BrO2. The average molecular weight is 341 g/mol. The van der Waals surface area contributed by atoms with Gasteiger partial charge in [-0.1, -0.05) is 36.2 Å². The van der Waals surface area contributed by atoms with Gasteiger partial charge in [0.1, 0.15) is 5.75 Å². The maximum atomic E-state index is 11.0. The summed E-state index contributed by atoms with van der Waals surface area (Å²) in [6.07, 6.45) is 4.84. The van der Waals surface area contributed by atoms with Crippen molar-refractivity contribution in [2.45, 2.75) is 51.6 Å². The van der Waals surface area contributed by atoms with Crippen molar-refractivity contribution in [1.29, 1.82) is 0 Å². The largest absolute Gasteiger partial charge is 0.496 e. The van der Waals surface area contributed by atoms with Crippen molar-refractivity contribution in [1.82, 2.24) is 0 Å². The highest BCUT2D eigenvalue weighted by molar-refractivity contribution is 9.10. The zero-order chi connectivity index (χ0) is 14.8. The van der Waals surface area contributed by atoms with Gasteiger partial charge in [0, 0.05) is 10.9 Å². The number of benzene rings is 1. The summed E-state index contributed by atoms with van der Waals surface area (Å²) in [4.78, 5) is 0. The molecule has 1 N–H and O–H groups in total. The molecule has 112 valence electrons. The van der Waals surface area contributed by atoms with Gasteiger partial charge in [-0.3, -0.25) is 0 Å². The van der Waals surface area contributed by atoms with Crippen molar-refractivity contribution in [3.05, 3.63) is 28.2 Å². The molecule has 1 aromatic rings. The van der Waals surface area contributed by atoms with E-state index in [2.05, 4.69) is 35.8 Å². The van der Waals surface area contributed by atoms with Crippen molar-refractivity contribution < 1.29 is 9.84 Å². The molecule has 0 saturated heterocycles. The summed E-state index contributed by atoms with van der Waals surface area (Å²) in [6.45, 7) is 4.52. The SMILES string of the molecule is COc1ccc(Br)cc1CC1(O)CCCC(C(C)C)C1. The van der Waals surface area contributed by atoms with Crippen molar-refractivity contribution in [3.63, 3.8) is 0 Å². The highest BCUT2D eigenvalue weighted by atomic mass is 79.9. The predicted molar refractivity (Wildman–Crippen MR) is 86.1 cm³/mol. The molecule has 2 unspecified atom stereocenters. The zero-order valence-corrected chi connectivity index (χ0v) is 14.2. The molecule has 1 saturated carbocycles. The lowest BCUT2D eigenvalue weighted by Gasteiger charge is -2.39. The number of methoxy groups -OCH3 is 1. The van der Waals surface area contributed by atoms with Crippen LogP contribution in [0.5, 0.6) is 5.75 Å². The topological polar surface area (TPSA) is 29.5 Å². The van der Waals surface area contributed by atoms with Gasteiger partial charge in [0.25, 0.3) is 0 Å². The van der Waals surface area contributed by atoms with Crippen LogP contribution in [0, 0.1) is 11.8 Å². The van der Waals surface area contributed by atoms with E-state index >= 15 is 0 Å². The van der Waals surface area contributed by atoms with E-state index in [1.54, 1.807) is 7.11 Å². The van der Waals surface area contributed by atoms with E-state index in [0.29, 0.717) is 18.3 Å². The van der Waals surface area contributed by atoms with Gasteiger partial charge in [0.2, 0.25) is 0 Å². The van der Waals surface area contributed by atoms with Gasteiger partial charge < -0.3 is 9.84 Å². The van der Waals surface area contributed by atoms with Crippen LogP contribution >= 0.6 is 15.9 Å². The van der Waals surface area contributed by atoms with Crippen LogP contribution in [-0.4, -0.2) is 17.8 Å². The predicted octanol–water partition coefficient (Wildman–Crippen LogP) is 4.58. The average Bonchev–Trinajstić information content (AvgIpc) is 2.38. The van der Waals surface area contributed by atoms with Crippen LogP contribution < -0.4 is 4.74 Å². The number of hydrogen-bond donors (Lipinski definition) is 1. The fraction of sp³-hybridized carbons (Fsp3) is 0.647. The van der Waals surface area contributed by atoms with Gasteiger partial charge in [-0.25, -0.2) is 0 Å². The Kier molecular flexibility index (Phi) is 5.14. The van der Waals surface area contributed by atoms with Crippen LogP contribution in [-0.2, 0) is 6.42 Å². The number of hydrogen-bond acceptors (Lipinski definition) is 2. The first-order chi connectivity index (χ1) is 9.43. The summed E-state index contributed by atoms with van der Waals surface area (Å²) in [5, 5.41) is 11.0. The molecule has 3 heteroatoms. The maximum Gasteiger partial charge on any atom is 0.122 e. The van der Waals surface area contributed by atoms with Gasteiger partial charge in [0.15, 0.2) is 0 Å². The molecule has 20 heavy (non-hydrogen) atoms. The standard InChI is InChI=1S/C17H25BrO2/c1-12(2)13-5-4-8-17(19,10-13)11-14-9-15(18)6-7-16(14)20-3/h6-7,9,12-13,19H,4-5,8,10-11H2,1-3H3. The Morgan fingerprint density at radius 2 is 2.20 bits per heavy atom. The molecule has 0 bridgehead atoms. The number of halogens is 1. The van der Waals surface area contributed by atoms with E-state index in [1.165, 1.54) is 6.42 Å². The Balaban J connectivity index is 2.17. The van der Waals surface area contributed by atoms with Gasteiger partial charge in [-0.05, 0) is 54.9 Å². The normalized spacial score (nSPS) is 26.8. The lowest BCUT2D eigenvalue weighted by atomic mass is 9.71. The fourth-order valence-corrected chi connectivity index (χ4v) is 3.76. The minimum atomic E-state index is -0.582. The number of ether oxygens (including phenoxy) is 1. The van der Waals surface area contributed by atoms with Crippen LogP contribution in [0.15, 0.2) is 22.7 Å². The Morgan fingerprint density at radius 1 is 1.45 bits per heavy atom. The van der Waals surface area contributed by atoms with Gasteiger partial charge in [0.05, 0.1) is 12.7 Å². The summed E-state index contributed by atoms with van der Waals surface area (Å²) in [6, 6.07) is 6.01. The third kappa shape index (κ3) is 3.76. The van der Waals surface area contributed by atoms with Crippen molar-refractivity contribution in [2.75, 3.05) is 7.11 Å². The summed E-state index contributed by atoms with van der Waals surface area (Å²) < 4.78 is 6.46. The first-order valence-corrected chi connectivity index (χ1v) is 8.27. The van der Waals surface area contributed by atoms with Crippen molar-refractivity contribution in [2.24, 2.45) is 11.8 Å². The Labute approximate surface area is 130 Å². The van der Waals surface area contributed by atoms with Gasteiger partial charge in [-0.15, -0.1) is 0 Å². The van der Waals surface area contributed by atoms with Crippen LogP contribution in [0.25, 0.3) is 0 Å². The highest BCUT2D eigenvalue weighted by Crippen LogP contribution is 2.39. The molecule has 0 spiro atoms. The first-order valence-electron chi connectivity index (χ1n) is 7.48. The van der Waals surface area contributed by atoms with Crippen LogP contribution in [0.4, 0.5) is 0 Å². The molecule has 0 amide bonds. The summed E-state index contributed by atoms with van der Waals surface area (Å²) >= 11 is 3.51. The Bertz CT molecular complexity index is 458. The summed E-state index contributed by atoms with van der Waals surface area (Å²) in [7, 11) is 1.69. The molecule has 0 aliphatic heterocycles. The molecule has 1 aromatic carbocycles. The minimum absolute atomic E-state index is 0.582. The smallest absolute Gasteiger partial charge is 0.122 e. The van der Waals surface area contributed by atoms with E-state index in [-0.39, 0.29) is 0 Å². The highest BCUT2D eigenvalue weighted by Gasteiger charge is 2.36. The fourth-order valence-electron chi connectivity index (χ4n) is 3.35. The zero-order valence-electron chi connectivity index (χ0n) is 12.7. The molecule has 1 aliphatic carbocycles. The summed E-state index contributed by atoms with van der Waals surface area (Å²) in [5.74, 6) is 2.14.